The summed E-state index contributed by atoms with van der Waals surface area (Å²) in [5, 5.41) is 9.17. The summed E-state index contributed by atoms with van der Waals surface area (Å²) in [4.78, 5) is 20.8. The molecule has 8 aromatic carbocycles. The molecule has 4 aromatic heterocycles. The molecule has 7 heteroatoms. The van der Waals surface area contributed by atoms with Crippen LogP contribution < -0.4 is 20.7 Å². The van der Waals surface area contributed by atoms with Gasteiger partial charge < -0.3 is 4.42 Å². The zero-order chi connectivity index (χ0) is 41.7. The second-order valence-electron chi connectivity index (χ2n) is 15.8. The highest BCUT2D eigenvalue weighted by atomic mass is 28.3. The largest absolute Gasteiger partial charge is 0.456 e. The van der Waals surface area contributed by atoms with Crippen molar-refractivity contribution in [2.45, 2.75) is 0 Å². The molecule has 0 aliphatic heterocycles. The van der Waals surface area contributed by atoms with Crippen molar-refractivity contribution in [2.75, 3.05) is 0 Å². The summed E-state index contributed by atoms with van der Waals surface area (Å²) in [6.07, 6.45) is 3.61. The Morgan fingerprint density at radius 2 is 1.00 bits per heavy atom. The Morgan fingerprint density at radius 1 is 0.397 bits per heavy atom. The van der Waals surface area contributed by atoms with Crippen molar-refractivity contribution < 1.29 is 4.42 Å². The fourth-order valence-electron chi connectivity index (χ4n) is 9.52. The van der Waals surface area contributed by atoms with Crippen molar-refractivity contribution in [3.63, 3.8) is 0 Å². The first-order valence-electron chi connectivity index (χ1n) is 21.1. The van der Waals surface area contributed by atoms with Crippen LogP contribution in [-0.2, 0) is 0 Å². The summed E-state index contributed by atoms with van der Waals surface area (Å²) >= 11 is 0. The molecule has 296 valence electrons. The van der Waals surface area contributed by atoms with E-state index in [2.05, 4.69) is 198 Å². The van der Waals surface area contributed by atoms with Crippen LogP contribution in [0.25, 0.3) is 83.6 Å². The van der Waals surface area contributed by atoms with Crippen LogP contribution in [0.5, 0.6) is 0 Å². The van der Waals surface area contributed by atoms with Gasteiger partial charge in [-0.3, -0.25) is 9.55 Å². The molecule has 0 unspecified atom stereocenters. The third-order valence-corrected chi connectivity index (χ3v) is 17.1. The van der Waals surface area contributed by atoms with Crippen molar-refractivity contribution in [3.05, 3.63) is 225 Å². The van der Waals surface area contributed by atoms with Crippen molar-refractivity contribution in [1.82, 2.24) is 24.5 Å². The quantitative estimate of drug-likeness (QED) is 0.113. The van der Waals surface area contributed by atoms with Gasteiger partial charge in [0.05, 0.1) is 11.0 Å². The summed E-state index contributed by atoms with van der Waals surface area (Å²) in [5.41, 5.74) is 7.51. The van der Waals surface area contributed by atoms with Crippen molar-refractivity contribution in [2.24, 2.45) is 0 Å². The second kappa shape index (κ2) is 15.0. The maximum absolute atomic E-state index is 6.37. The highest BCUT2D eigenvalue weighted by Crippen LogP contribution is 2.38. The maximum Gasteiger partial charge on any atom is 0.238 e. The molecule has 0 aliphatic rings. The molecule has 0 fully saturated rings. The van der Waals surface area contributed by atoms with Gasteiger partial charge in [0.2, 0.25) is 5.95 Å². The Kier molecular flexibility index (Phi) is 8.72. The molecule has 63 heavy (non-hydrogen) atoms. The van der Waals surface area contributed by atoms with Crippen LogP contribution >= 0.6 is 0 Å². The molecule has 12 aromatic rings. The number of nitrogens with zero attached hydrogens (tertiary/aromatic N) is 5. The van der Waals surface area contributed by atoms with E-state index in [0.29, 0.717) is 17.6 Å². The Labute approximate surface area is 364 Å². The Bertz CT molecular complexity index is 3530. The zero-order valence-corrected chi connectivity index (χ0v) is 35.0. The van der Waals surface area contributed by atoms with Gasteiger partial charge in [0.1, 0.15) is 11.2 Å². The fraction of sp³-hybridized carbons (Fsp3) is 0. The van der Waals surface area contributed by atoms with Crippen LogP contribution in [-0.4, -0.2) is 32.6 Å². The molecule has 0 radical (unpaired) electrons. The van der Waals surface area contributed by atoms with E-state index in [9.17, 15) is 0 Å². The molecule has 0 amide bonds. The van der Waals surface area contributed by atoms with Crippen LogP contribution in [0, 0.1) is 0 Å². The molecule has 6 nitrogen and oxygen atoms in total. The normalized spacial score (nSPS) is 11.8. The first-order chi connectivity index (χ1) is 31.2. The van der Waals surface area contributed by atoms with E-state index in [1.807, 2.05) is 30.5 Å². The second-order valence-corrected chi connectivity index (χ2v) is 19.6. The summed E-state index contributed by atoms with van der Waals surface area (Å²) in [6.45, 7) is 0. The van der Waals surface area contributed by atoms with Crippen molar-refractivity contribution in [1.29, 1.82) is 0 Å². The molecule has 0 N–H and O–H groups in total. The number of rotatable bonds is 8. The lowest BCUT2D eigenvalue weighted by Gasteiger charge is -2.34. The minimum Gasteiger partial charge on any atom is -0.456 e. The van der Waals surface area contributed by atoms with Crippen LogP contribution in [0.1, 0.15) is 0 Å². The van der Waals surface area contributed by atoms with Gasteiger partial charge in [0.25, 0.3) is 0 Å². The smallest absolute Gasteiger partial charge is 0.238 e. The number of hydrogen-bond acceptors (Lipinski definition) is 5. The highest BCUT2D eigenvalue weighted by Gasteiger charge is 2.41. The van der Waals surface area contributed by atoms with Gasteiger partial charge in [-0.25, -0.2) is 4.98 Å². The molecular weight excluding hydrogens is 787 g/mol. The number of hydrogen-bond donors (Lipinski definition) is 0. The van der Waals surface area contributed by atoms with Crippen molar-refractivity contribution >= 4 is 72.6 Å². The van der Waals surface area contributed by atoms with E-state index in [1.54, 1.807) is 6.20 Å². The van der Waals surface area contributed by atoms with Gasteiger partial charge in [-0.1, -0.05) is 188 Å². The molecule has 12 rings (SSSR count). The van der Waals surface area contributed by atoms with Gasteiger partial charge in [-0.15, -0.1) is 0 Å². The minimum absolute atomic E-state index is 0.525. The lowest BCUT2D eigenvalue weighted by atomic mass is 10.0. The van der Waals surface area contributed by atoms with Crippen molar-refractivity contribution in [3.8, 4) is 39.9 Å². The third-order valence-electron chi connectivity index (χ3n) is 12.3. The zero-order valence-electron chi connectivity index (χ0n) is 34.0. The van der Waals surface area contributed by atoms with Crippen LogP contribution in [0.2, 0.25) is 0 Å². The monoisotopic (exact) mass is 823 g/mol. The van der Waals surface area contributed by atoms with E-state index in [-0.39, 0.29) is 0 Å². The first-order valence-corrected chi connectivity index (χ1v) is 23.1. The molecule has 0 saturated heterocycles. The number of aromatic nitrogens is 5. The molecule has 0 bridgehead atoms. The number of furan rings is 1. The predicted octanol–water partition coefficient (Wildman–Crippen LogP) is 10.6. The van der Waals surface area contributed by atoms with Crippen LogP contribution in [0.15, 0.2) is 229 Å². The van der Waals surface area contributed by atoms with E-state index < -0.39 is 8.07 Å². The molecular formula is C56H37N5OSi. The average molecular weight is 824 g/mol. The van der Waals surface area contributed by atoms with E-state index >= 15 is 0 Å². The summed E-state index contributed by atoms with van der Waals surface area (Å²) in [5.74, 6) is 1.64. The number of benzene rings is 8. The predicted molar refractivity (Wildman–Crippen MR) is 259 cm³/mol. The van der Waals surface area contributed by atoms with Gasteiger partial charge in [-0.2, -0.15) is 9.97 Å². The van der Waals surface area contributed by atoms with Gasteiger partial charge in [0.15, 0.2) is 19.7 Å². The highest BCUT2D eigenvalue weighted by molar-refractivity contribution is 7.19. The summed E-state index contributed by atoms with van der Waals surface area (Å²) in [7, 11) is -2.87. The lowest BCUT2D eigenvalue weighted by Crippen LogP contribution is -2.74. The van der Waals surface area contributed by atoms with Crippen LogP contribution in [0.4, 0.5) is 0 Å². The van der Waals surface area contributed by atoms with E-state index in [0.717, 1.165) is 66.0 Å². The number of fused-ring (bicyclic) bond motifs is 6. The fourth-order valence-corrected chi connectivity index (χ4v) is 14.3. The van der Waals surface area contributed by atoms with E-state index in [1.165, 1.54) is 20.7 Å². The number of para-hydroxylation sites is 1. The third kappa shape index (κ3) is 6.01. The number of pyridine rings is 1. The molecule has 4 heterocycles. The van der Waals surface area contributed by atoms with Gasteiger partial charge >= 0.3 is 0 Å². The minimum atomic E-state index is -2.87. The van der Waals surface area contributed by atoms with Crippen LogP contribution in [0.3, 0.4) is 0 Å². The standard InChI is InChI=1S/C56H37N5OSi/c1-5-17-38(18-6-1)39-31-32-46-45-27-13-14-29-49(45)61(50(46)36-39)56-59-54(58-55(60-56)47-28-16-30-52-53(47)48-37-57-34-33-51(48)62-52)40-19-15-26-44(35-40)63(41-20-7-2-8-21-41,42-22-9-3-10-23-42)43-24-11-4-12-25-43/h1-37H. The van der Waals surface area contributed by atoms with Gasteiger partial charge in [0, 0.05) is 45.1 Å². The molecule has 0 spiro atoms. The molecule has 0 atom stereocenters. The Hall–Kier alpha value is -8.26. The summed E-state index contributed by atoms with van der Waals surface area (Å²) in [6, 6.07) is 75.5. The average Bonchev–Trinajstić information content (AvgIpc) is 3.91. The molecule has 0 saturated carbocycles. The van der Waals surface area contributed by atoms with E-state index in [4.69, 9.17) is 19.4 Å². The topological polar surface area (TPSA) is 69.6 Å². The maximum atomic E-state index is 6.37. The Balaban J connectivity index is 1.15. The first kappa shape index (κ1) is 36.6. The van der Waals surface area contributed by atoms with Gasteiger partial charge in [-0.05, 0) is 56.1 Å². The lowest BCUT2D eigenvalue weighted by molar-refractivity contribution is 0.668. The summed E-state index contributed by atoms with van der Waals surface area (Å²) < 4.78 is 8.57. The molecule has 0 aliphatic carbocycles. The Morgan fingerprint density at radius 3 is 1.73 bits per heavy atom. The SMILES string of the molecule is c1ccc(-c2ccc3c4ccccc4n(-c4nc(-c5cccc([Si](c6ccccc6)(c6ccccc6)c6ccccc6)c5)nc(-c5cccc6oc7ccncc7c56)n4)c3c2)cc1.